The molecule has 0 aliphatic carbocycles. The minimum Gasteiger partial charge on any atom is -0.342 e. The van der Waals surface area contributed by atoms with Crippen LogP contribution in [0.5, 0.6) is 0 Å². The monoisotopic (exact) mass is 239 g/mol. The molecule has 0 radical (unpaired) electrons. The molecule has 0 spiro atoms. The lowest BCUT2D eigenvalue weighted by Gasteiger charge is -2.37. The van der Waals surface area contributed by atoms with E-state index in [9.17, 15) is 4.79 Å². The largest absolute Gasteiger partial charge is 0.342 e. The molecule has 1 aliphatic heterocycles. The summed E-state index contributed by atoms with van der Waals surface area (Å²) in [5.74, 6) is 0.991. The summed E-state index contributed by atoms with van der Waals surface area (Å²) in [7, 11) is 0. The number of halogens is 1. The summed E-state index contributed by atoms with van der Waals surface area (Å²) in [6, 6.07) is 0. The molecular weight excluding hydrogens is 229 g/mol. The second kappa shape index (κ2) is 2.86. The topological polar surface area (TPSA) is 20.3 Å². The van der Waals surface area contributed by atoms with Crippen LogP contribution in [-0.2, 0) is 4.79 Å². The van der Waals surface area contributed by atoms with Crippen LogP contribution >= 0.6 is 22.6 Å². The van der Waals surface area contributed by atoms with E-state index in [0.29, 0.717) is 0 Å². The van der Waals surface area contributed by atoms with E-state index >= 15 is 0 Å². The zero-order valence-electron chi connectivity index (χ0n) is 5.43. The van der Waals surface area contributed by atoms with E-state index < -0.39 is 0 Å². The Labute approximate surface area is 68.7 Å². The third-order valence-electron chi connectivity index (χ3n) is 1.62. The van der Waals surface area contributed by atoms with Crippen molar-refractivity contribution >= 4 is 28.5 Å². The normalized spacial score (nSPS) is 19.6. The van der Waals surface area contributed by atoms with Gasteiger partial charge < -0.3 is 4.90 Å². The maximum Gasteiger partial charge on any atom is 0.219 e. The van der Waals surface area contributed by atoms with Crippen LogP contribution in [0.15, 0.2) is 0 Å². The minimum atomic E-state index is 0.219. The number of nitrogens with zero attached hydrogens (tertiary/aromatic N) is 1. The summed E-state index contributed by atoms with van der Waals surface area (Å²) >= 11 is 2.36. The van der Waals surface area contributed by atoms with E-state index in [1.165, 1.54) is 4.43 Å². The van der Waals surface area contributed by atoms with E-state index in [4.69, 9.17) is 0 Å². The molecule has 0 unspecified atom stereocenters. The second-order valence-electron chi connectivity index (χ2n) is 2.44. The Kier molecular flexibility index (Phi) is 2.32. The van der Waals surface area contributed by atoms with Crippen molar-refractivity contribution < 1.29 is 4.79 Å². The Morgan fingerprint density at radius 1 is 1.78 bits per heavy atom. The van der Waals surface area contributed by atoms with Gasteiger partial charge in [-0.05, 0) is 0 Å². The summed E-state index contributed by atoms with van der Waals surface area (Å²) in [5, 5.41) is 0. The molecule has 52 valence electrons. The molecule has 0 atom stereocenters. The summed E-state index contributed by atoms with van der Waals surface area (Å²) in [5.41, 5.74) is 0. The van der Waals surface area contributed by atoms with Gasteiger partial charge in [0.2, 0.25) is 5.91 Å². The molecule has 1 heterocycles. The standard InChI is InChI=1S/C6H10INO/c1-5(9)8-3-6(2-7)4-8/h6H,2-4H2,1H3. The van der Waals surface area contributed by atoms with Crippen molar-refractivity contribution in [3.63, 3.8) is 0 Å². The van der Waals surface area contributed by atoms with Crippen molar-refractivity contribution in [1.29, 1.82) is 0 Å². The maximum absolute atomic E-state index is 10.6. The fourth-order valence-corrected chi connectivity index (χ4v) is 1.48. The highest BCUT2D eigenvalue weighted by molar-refractivity contribution is 14.1. The van der Waals surface area contributed by atoms with Gasteiger partial charge in [-0.25, -0.2) is 0 Å². The number of hydrogen-bond donors (Lipinski definition) is 0. The van der Waals surface area contributed by atoms with Crippen LogP contribution in [0.2, 0.25) is 0 Å². The second-order valence-corrected chi connectivity index (χ2v) is 3.33. The number of carbonyl (C=O) groups is 1. The molecule has 0 bridgehead atoms. The first kappa shape index (κ1) is 7.31. The molecule has 0 aromatic carbocycles. The fraction of sp³-hybridized carbons (Fsp3) is 0.833. The number of carbonyl (C=O) groups excluding carboxylic acids is 1. The highest BCUT2D eigenvalue weighted by atomic mass is 127. The molecule has 1 aliphatic rings. The van der Waals surface area contributed by atoms with E-state index in [1.807, 2.05) is 4.90 Å². The molecule has 0 N–H and O–H groups in total. The van der Waals surface area contributed by atoms with Gasteiger partial charge in [-0.3, -0.25) is 4.79 Å². The van der Waals surface area contributed by atoms with Crippen LogP contribution < -0.4 is 0 Å². The van der Waals surface area contributed by atoms with E-state index in [0.717, 1.165) is 19.0 Å². The van der Waals surface area contributed by atoms with Crippen LogP contribution in [0.1, 0.15) is 6.92 Å². The lowest BCUT2D eigenvalue weighted by atomic mass is 10.0. The first-order valence-electron chi connectivity index (χ1n) is 3.05. The molecule has 0 aromatic rings. The van der Waals surface area contributed by atoms with Crippen molar-refractivity contribution in [1.82, 2.24) is 4.90 Å². The zero-order chi connectivity index (χ0) is 6.85. The molecule has 3 heteroatoms. The van der Waals surface area contributed by atoms with Gasteiger partial charge in [0.25, 0.3) is 0 Å². The van der Waals surface area contributed by atoms with Crippen LogP contribution in [0.4, 0.5) is 0 Å². The molecule has 2 nitrogen and oxygen atoms in total. The first-order valence-corrected chi connectivity index (χ1v) is 4.58. The van der Waals surface area contributed by atoms with Crippen LogP contribution in [0, 0.1) is 5.92 Å². The van der Waals surface area contributed by atoms with Crippen molar-refractivity contribution in [2.75, 3.05) is 17.5 Å². The number of alkyl halides is 1. The quantitative estimate of drug-likeness (QED) is 0.491. The van der Waals surface area contributed by atoms with Gasteiger partial charge in [-0.1, -0.05) is 22.6 Å². The van der Waals surface area contributed by atoms with Gasteiger partial charge in [-0.2, -0.15) is 0 Å². The van der Waals surface area contributed by atoms with Crippen LogP contribution in [0.25, 0.3) is 0 Å². The average molecular weight is 239 g/mol. The van der Waals surface area contributed by atoms with Gasteiger partial charge in [0.15, 0.2) is 0 Å². The third-order valence-corrected chi connectivity index (χ3v) is 2.87. The molecule has 1 rings (SSSR count). The summed E-state index contributed by atoms with van der Waals surface area (Å²) < 4.78 is 1.18. The fourth-order valence-electron chi connectivity index (χ4n) is 0.925. The van der Waals surface area contributed by atoms with Gasteiger partial charge in [-0.15, -0.1) is 0 Å². The Morgan fingerprint density at radius 2 is 2.33 bits per heavy atom. The Bertz CT molecular complexity index is 120. The zero-order valence-corrected chi connectivity index (χ0v) is 7.59. The summed E-state index contributed by atoms with van der Waals surface area (Å²) in [6.07, 6.45) is 0. The van der Waals surface area contributed by atoms with E-state index in [1.54, 1.807) is 6.92 Å². The lowest BCUT2D eigenvalue weighted by molar-refractivity contribution is -0.134. The van der Waals surface area contributed by atoms with Crippen LogP contribution in [-0.4, -0.2) is 28.3 Å². The minimum absolute atomic E-state index is 0.219. The van der Waals surface area contributed by atoms with Gasteiger partial charge in [0.05, 0.1) is 0 Å². The highest BCUT2D eigenvalue weighted by Crippen LogP contribution is 2.16. The van der Waals surface area contributed by atoms with Gasteiger partial charge in [0, 0.05) is 30.4 Å². The van der Waals surface area contributed by atoms with E-state index in [2.05, 4.69) is 22.6 Å². The Morgan fingerprint density at radius 3 is 2.67 bits per heavy atom. The van der Waals surface area contributed by atoms with Crippen LogP contribution in [0.3, 0.4) is 0 Å². The van der Waals surface area contributed by atoms with Crippen molar-refractivity contribution in [3.05, 3.63) is 0 Å². The lowest BCUT2D eigenvalue weighted by Crippen LogP contribution is -2.49. The van der Waals surface area contributed by atoms with Gasteiger partial charge in [0.1, 0.15) is 0 Å². The Hall–Kier alpha value is 0.200. The summed E-state index contributed by atoms with van der Waals surface area (Å²) in [6.45, 7) is 3.60. The summed E-state index contributed by atoms with van der Waals surface area (Å²) in [4.78, 5) is 12.5. The molecule has 1 fully saturated rings. The van der Waals surface area contributed by atoms with Crippen molar-refractivity contribution in [2.45, 2.75) is 6.92 Å². The molecule has 1 saturated heterocycles. The Balaban J connectivity index is 2.19. The smallest absolute Gasteiger partial charge is 0.219 e. The van der Waals surface area contributed by atoms with Crippen molar-refractivity contribution in [2.24, 2.45) is 5.92 Å². The third kappa shape index (κ3) is 1.56. The predicted octanol–water partition coefficient (Wildman–Crippen LogP) is 0.900. The maximum atomic E-state index is 10.6. The van der Waals surface area contributed by atoms with Crippen molar-refractivity contribution in [3.8, 4) is 0 Å². The van der Waals surface area contributed by atoms with Gasteiger partial charge >= 0.3 is 0 Å². The SMILES string of the molecule is CC(=O)N1CC(CI)C1. The molecule has 0 saturated carbocycles. The number of hydrogen-bond acceptors (Lipinski definition) is 1. The molecule has 1 amide bonds. The molecule has 0 aromatic heterocycles. The van der Waals surface area contributed by atoms with E-state index in [-0.39, 0.29) is 5.91 Å². The number of likely N-dealkylation sites (tertiary alicyclic amines) is 1. The first-order chi connectivity index (χ1) is 4.24. The highest BCUT2D eigenvalue weighted by Gasteiger charge is 2.26. The number of amides is 1. The predicted molar refractivity (Wildman–Crippen MR) is 44.6 cm³/mol. The molecule has 9 heavy (non-hydrogen) atoms. The molecular formula is C6H10INO. The average Bonchev–Trinajstić information content (AvgIpc) is 1.61. The number of rotatable bonds is 1.